The molecule has 2 N–H and O–H groups in total. The number of hydrogen-bond acceptors (Lipinski definition) is 5. The van der Waals surface area contributed by atoms with E-state index in [1.165, 1.54) is 0 Å². The molecule has 5 nitrogen and oxygen atoms in total. The van der Waals surface area contributed by atoms with Crippen LogP contribution in [-0.2, 0) is 0 Å². The van der Waals surface area contributed by atoms with E-state index in [9.17, 15) is 9.90 Å². The lowest BCUT2D eigenvalue weighted by molar-refractivity contribution is 0.471. The van der Waals surface area contributed by atoms with Gasteiger partial charge in [0, 0.05) is 5.56 Å². The third kappa shape index (κ3) is 2.80. The lowest BCUT2D eigenvalue weighted by Gasteiger charge is -2.09. The Morgan fingerprint density at radius 3 is 2.65 bits per heavy atom. The number of aromatic hydroxyl groups is 1. The molecule has 0 saturated heterocycles. The van der Waals surface area contributed by atoms with Crippen molar-refractivity contribution in [2.45, 2.75) is 6.92 Å². The Morgan fingerprint density at radius 2 is 1.88 bits per heavy atom. The SMILES string of the molecule is Cc1ccc2c(O)c(-c3cc(-c4ccccc4)nc(=S)[nH]3)c(=O)oc2c1. The fourth-order valence-corrected chi connectivity index (χ4v) is 3.09. The molecule has 4 rings (SSSR count). The number of H-pyrrole nitrogens is 1. The van der Waals surface area contributed by atoms with Crippen LogP contribution in [0.4, 0.5) is 0 Å². The maximum Gasteiger partial charge on any atom is 0.349 e. The van der Waals surface area contributed by atoms with Crippen molar-refractivity contribution < 1.29 is 9.52 Å². The van der Waals surface area contributed by atoms with Crippen LogP contribution < -0.4 is 5.63 Å². The highest BCUT2D eigenvalue weighted by molar-refractivity contribution is 7.71. The molecule has 0 aliphatic carbocycles. The molecule has 0 spiro atoms. The molecule has 2 aromatic carbocycles. The van der Waals surface area contributed by atoms with Gasteiger partial charge in [-0.1, -0.05) is 36.4 Å². The van der Waals surface area contributed by atoms with Crippen LogP contribution in [0.1, 0.15) is 5.56 Å². The maximum absolute atomic E-state index is 12.5. The summed E-state index contributed by atoms with van der Waals surface area (Å²) in [5.74, 6) is -0.146. The molecule has 6 heteroatoms. The van der Waals surface area contributed by atoms with Gasteiger partial charge >= 0.3 is 5.63 Å². The third-order valence-corrected chi connectivity index (χ3v) is 4.31. The van der Waals surface area contributed by atoms with E-state index in [0.717, 1.165) is 11.1 Å². The summed E-state index contributed by atoms with van der Waals surface area (Å²) in [5.41, 5.74) is 2.48. The topological polar surface area (TPSA) is 79.1 Å². The summed E-state index contributed by atoms with van der Waals surface area (Å²) in [6.07, 6.45) is 0. The first-order chi connectivity index (χ1) is 12.5. The molecule has 2 heterocycles. The van der Waals surface area contributed by atoms with Gasteiger partial charge in [0.15, 0.2) is 4.77 Å². The minimum atomic E-state index is -0.642. The molecule has 0 saturated carbocycles. The second-order valence-electron chi connectivity index (χ2n) is 5.96. The molecule has 0 unspecified atom stereocenters. The van der Waals surface area contributed by atoms with E-state index in [-0.39, 0.29) is 16.1 Å². The molecule has 0 aliphatic heterocycles. The van der Waals surface area contributed by atoms with E-state index in [4.69, 9.17) is 16.6 Å². The number of aryl methyl sites for hydroxylation is 1. The highest BCUT2D eigenvalue weighted by Crippen LogP contribution is 2.33. The predicted molar refractivity (Wildman–Crippen MR) is 103 cm³/mol. The van der Waals surface area contributed by atoms with Crippen LogP contribution >= 0.6 is 12.2 Å². The molecular weight excluding hydrogens is 348 g/mol. The average molecular weight is 362 g/mol. The molecule has 0 atom stereocenters. The molecule has 26 heavy (non-hydrogen) atoms. The first-order valence-electron chi connectivity index (χ1n) is 7.96. The summed E-state index contributed by atoms with van der Waals surface area (Å²) in [5, 5.41) is 11.2. The lowest BCUT2D eigenvalue weighted by Crippen LogP contribution is -2.06. The highest BCUT2D eigenvalue weighted by Gasteiger charge is 2.17. The number of fused-ring (bicyclic) bond motifs is 1. The van der Waals surface area contributed by atoms with Gasteiger partial charge in [0.1, 0.15) is 16.9 Å². The summed E-state index contributed by atoms with van der Waals surface area (Å²) < 4.78 is 5.62. The van der Waals surface area contributed by atoms with E-state index >= 15 is 0 Å². The lowest BCUT2D eigenvalue weighted by atomic mass is 10.1. The van der Waals surface area contributed by atoms with Gasteiger partial charge in [-0.3, -0.25) is 0 Å². The monoisotopic (exact) mass is 362 g/mol. The van der Waals surface area contributed by atoms with Crippen LogP contribution in [0.3, 0.4) is 0 Å². The Hall–Kier alpha value is -3.25. The fraction of sp³-hybridized carbons (Fsp3) is 0.0500. The van der Waals surface area contributed by atoms with Crippen LogP contribution in [0.2, 0.25) is 0 Å². The minimum Gasteiger partial charge on any atom is -0.506 e. The van der Waals surface area contributed by atoms with Crippen LogP contribution in [0, 0.1) is 11.7 Å². The maximum atomic E-state index is 12.5. The zero-order valence-corrected chi connectivity index (χ0v) is 14.6. The second kappa shape index (κ2) is 6.24. The summed E-state index contributed by atoms with van der Waals surface area (Å²) in [6, 6.07) is 16.4. The van der Waals surface area contributed by atoms with Crippen LogP contribution in [-0.4, -0.2) is 15.1 Å². The summed E-state index contributed by atoms with van der Waals surface area (Å²) in [6.45, 7) is 1.89. The Morgan fingerprint density at radius 1 is 1.12 bits per heavy atom. The molecular formula is C20H14N2O3S. The second-order valence-corrected chi connectivity index (χ2v) is 6.35. The van der Waals surface area contributed by atoms with E-state index in [1.807, 2.05) is 43.3 Å². The van der Waals surface area contributed by atoms with Gasteiger partial charge < -0.3 is 14.5 Å². The Balaban J connectivity index is 1.99. The van der Waals surface area contributed by atoms with Gasteiger partial charge in [-0.25, -0.2) is 9.78 Å². The van der Waals surface area contributed by atoms with Gasteiger partial charge in [0.2, 0.25) is 0 Å². The zero-order chi connectivity index (χ0) is 18.3. The Kier molecular flexibility index (Phi) is 3.89. The number of aromatic nitrogens is 2. The molecule has 128 valence electrons. The number of rotatable bonds is 2. The van der Waals surface area contributed by atoms with Crippen molar-refractivity contribution in [3.8, 4) is 28.3 Å². The zero-order valence-electron chi connectivity index (χ0n) is 13.8. The van der Waals surface area contributed by atoms with Gasteiger partial charge in [-0.15, -0.1) is 0 Å². The van der Waals surface area contributed by atoms with Gasteiger partial charge in [0.05, 0.1) is 16.8 Å². The van der Waals surface area contributed by atoms with Gasteiger partial charge in [-0.05, 0) is 42.9 Å². The molecule has 4 aromatic rings. The van der Waals surface area contributed by atoms with Crippen molar-refractivity contribution in [2.75, 3.05) is 0 Å². The summed E-state index contributed by atoms with van der Waals surface area (Å²) in [7, 11) is 0. The molecule has 2 aromatic heterocycles. The quantitative estimate of drug-likeness (QED) is 0.403. The van der Waals surface area contributed by atoms with Crippen LogP contribution in [0.15, 0.2) is 63.8 Å². The highest BCUT2D eigenvalue weighted by atomic mass is 32.1. The molecule has 0 radical (unpaired) electrons. The van der Waals surface area contributed by atoms with E-state index < -0.39 is 5.63 Å². The van der Waals surface area contributed by atoms with Gasteiger partial charge in [0.25, 0.3) is 0 Å². The van der Waals surface area contributed by atoms with Crippen molar-refractivity contribution >= 4 is 23.2 Å². The molecule has 0 amide bonds. The molecule has 0 fully saturated rings. The number of nitrogens with one attached hydrogen (secondary N) is 1. The van der Waals surface area contributed by atoms with Crippen molar-refractivity contribution in [1.29, 1.82) is 0 Å². The van der Waals surface area contributed by atoms with Crippen molar-refractivity contribution in [1.82, 2.24) is 9.97 Å². The molecule has 0 bridgehead atoms. The first-order valence-corrected chi connectivity index (χ1v) is 8.37. The van der Waals surface area contributed by atoms with Crippen molar-refractivity contribution in [2.24, 2.45) is 0 Å². The average Bonchev–Trinajstić information content (AvgIpc) is 2.61. The Labute approximate surface area is 153 Å². The fourth-order valence-electron chi connectivity index (χ4n) is 2.88. The number of hydrogen-bond donors (Lipinski definition) is 2. The predicted octanol–water partition coefficient (Wildman–Crippen LogP) is 4.59. The minimum absolute atomic E-state index is 0.0343. The van der Waals surface area contributed by atoms with Crippen LogP contribution in [0.25, 0.3) is 33.5 Å². The number of aromatic amines is 1. The largest absolute Gasteiger partial charge is 0.506 e. The smallest absolute Gasteiger partial charge is 0.349 e. The van der Waals surface area contributed by atoms with Gasteiger partial charge in [-0.2, -0.15) is 0 Å². The normalized spacial score (nSPS) is 11.0. The summed E-state index contributed by atoms with van der Waals surface area (Å²) in [4.78, 5) is 19.7. The number of benzene rings is 2. The van der Waals surface area contributed by atoms with Crippen molar-refractivity contribution in [3.63, 3.8) is 0 Å². The van der Waals surface area contributed by atoms with Crippen LogP contribution in [0.5, 0.6) is 5.75 Å². The standard InChI is InChI=1S/C20H14N2O3S/c1-11-7-8-13-16(9-11)25-19(24)17(18(13)23)15-10-14(21-20(26)22-15)12-5-3-2-4-6-12/h2-10,23H,1H3,(H,21,22,26). The van der Waals surface area contributed by atoms with E-state index in [1.54, 1.807) is 18.2 Å². The Bertz CT molecular complexity index is 1240. The van der Waals surface area contributed by atoms with E-state index in [0.29, 0.717) is 22.4 Å². The van der Waals surface area contributed by atoms with Crippen molar-refractivity contribution in [3.05, 3.63) is 75.4 Å². The first kappa shape index (κ1) is 16.2. The van der Waals surface area contributed by atoms with E-state index in [2.05, 4.69) is 9.97 Å². The molecule has 0 aliphatic rings. The third-order valence-electron chi connectivity index (χ3n) is 4.12. The summed E-state index contributed by atoms with van der Waals surface area (Å²) >= 11 is 5.21. The number of nitrogens with zero attached hydrogens (tertiary/aromatic N) is 1.